The molecule has 2 aromatic carbocycles. The van der Waals surface area contributed by atoms with Crippen LogP contribution in [0.15, 0.2) is 81.9 Å². The molecule has 1 atom stereocenters. The molecule has 0 saturated heterocycles. The van der Waals surface area contributed by atoms with E-state index < -0.39 is 0 Å². The highest BCUT2D eigenvalue weighted by Gasteiger charge is 2.21. The highest BCUT2D eigenvalue weighted by molar-refractivity contribution is 9.10. The lowest BCUT2D eigenvalue weighted by Crippen LogP contribution is -2.87. The zero-order valence-electron chi connectivity index (χ0n) is 13.0. The van der Waals surface area contributed by atoms with Crippen molar-refractivity contribution in [1.82, 2.24) is 0 Å². The van der Waals surface area contributed by atoms with Crippen molar-refractivity contribution in [1.29, 1.82) is 0 Å². The highest BCUT2D eigenvalue weighted by Crippen LogP contribution is 2.18. The van der Waals surface area contributed by atoms with Crippen molar-refractivity contribution in [3.8, 4) is 0 Å². The summed E-state index contributed by atoms with van der Waals surface area (Å²) >= 11 is 3.38. The van der Waals surface area contributed by atoms with E-state index >= 15 is 0 Å². The van der Waals surface area contributed by atoms with Gasteiger partial charge in [0.15, 0.2) is 18.3 Å². The first-order valence-corrected chi connectivity index (χ1v) is 8.49. The molecule has 3 aromatic rings. The second kappa shape index (κ2) is 7.95. The van der Waals surface area contributed by atoms with E-state index in [1.807, 2.05) is 72.0 Å². The SMILES string of the molecule is O=C(C[NH2+][C@H](c1ccccc1)c1ccco1)Nc1ccc(Br)cc1. The zero-order valence-corrected chi connectivity index (χ0v) is 14.6. The Morgan fingerprint density at radius 3 is 2.46 bits per heavy atom. The Kier molecular flexibility index (Phi) is 5.46. The van der Waals surface area contributed by atoms with Crippen molar-refractivity contribution in [3.05, 3.63) is 88.8 Å². The van der Waals surface area contributed by atoms with Crippen LogP contribution in [0.2, 0.25) is 0 Å². The van der Waals surface area contributed by atoms with Crippen LogP contribution in [0.1, 0.15) is 17.4 Å². The normalized spacial score (nSPS) is 11.9. The molecule has 0 aliphatic carbocycles. The number of nitrogens with one attached hydrogen (secondary N) is 1. The third-order valence-corrected chi connectivity index (χ3v) is 4.20. The van der Waals surface area contributed by atoms with Gasteiger partial charge < -0.3 is 15.1 Å². The van der Waals surface area contributed by atoms with Crippen molar-refractivity contribution in [2.45, 2.75) is 6.04 Å². The first-order valence-electron chi connectivity index (χ1n) is 7.69. The quantitative estimate of drug-likeness (QED) is 0.683. The van der Waals surface area contributed by atoms with Crippen LogP contribution in [0.3, 0.4) is 0 Å². The standard InChI is InChI=1S/C19H17BrN2O2/c20-15-8-10-16(11-9-15)22-18(23)13-21-19(17-7-4-12-24-17)14-5-2-1-3-6-14/h1-12,19,21H,13H2,(H,22,23)/p+1/t19-/m1/s1. The maximum Gasteiger partial charge on any atom is 0.279 e. The molecule has 1 amide bonds. The fourth-order valence-corrected chi connectivity index (χ4v) is 2.78. The number of nitrogens with two attached hydrogens (primary N) is 1. The van der Waals surface area contributed by atoms with Crippen LogP contribution in [-0.4, -0.2) is 12.5 Å². The van der Waals surface area contributed by atoms with Crippen LogP contribution in [0, 0.1) is 0 Å². The molecule has 0 bridgehead atoms. The number of quaternary nitrogens is 1. The molecule has 4 nitrogen and oxygen atoms in total. The Labute approximate surface area is 149 Å². The summed E-state index contributed by atoms with van der Waals surface area (Å²) in [6.45, 7) is 0.302. The minimum atomic E-state index is -0.0511. The molecular formula is C19H18BrN2O2+. The first-order chi connectivity index (χ1) is 11.7. The topological polar surface area (TPSA) is 58.9 Å². The van der Waals surface area contributed by atoms with Crippen molar-refractivity contribution in [2.24, 2.45) is 0 Å². The Morgan fingerprint density at radius 2 is 1.79 bits per heavy atom. The van der Waals surface area contributed by atoms with Crippen molar-refractivity contribution in [2.75, 3.05) is 11.9 Å². The number of benzene rings is 2. The molecule has 0 aliphatic rings. The Balaban J connectivity index is 1.65. The fraction of sp³-hybridized carbons (Fsp3) is 0.105. The van der Waals surface area contributed by atoms with Gasteiger partial charge in [0, 0.05) is 15.7 Å². The van der Waals surface area contributed by atoms with Gasteiger partial charge in [-0.2, -0.15) is 0 Å². The number of rotatable bonds is 6. The second-order valence-corrected chi connectivity index (χ2v) is 6.31. The summed E-state index contributed by atoms with van der Waals surface area (Å²) in [5.74, 6) is 0.780. The number of carbonyl (C=O) groups excluding carboxylic acids is 1. The Bertz CT molecular complexity index is 771. The number of furan rings is 1. The third kappa shape index (κ3) is 4.34. The van der Waals surface area contributed by atoms with Crippen LogP contribution >= 0.6 is 15.9 Å². The molecule has 0 spiro atoms. The summed E-state index contributed by atoms with van der Waals surface area (Å²) in [4.78, 5) is 12.2. The molecule has 3 rings (SSSR count). The first kappa shape index (κ1) is 16.5. The predicted molar refractivity (Wildman–Crippen MR) is 96.6 cm³/mol. The third-order valence-electron chi connectivity index (χ3n) is 3.68. The van der Waals surface area contributed by atoms with Crippen LogP contribution in [0.25, 0.3) is 0 Å². The predicted octanol–water partition coefficient (Wildman–Crippen LogP) is 3.33. The van der Waals surface area contributed by atoms with Gasteiger partial charge in [-0.25, -0.2) is 0 Å². The largest absolute Gasteiger partial charge is 0.463 e. The van der Waals surface area contributed by atoms with E-state index in [-0.39, 0.29) is 11.9 Å². The molecule has 0 aliphatic heterocycles. The van der Waals surface area contributed by atoms with Gasteiger partial charge in [-0.3, -0.25) is 4.79 Å². The van der Waals surface area contributed by atoms with Crippen LogP contribution in [0.5, 0.6) is 0 Å². The fourth-order valence-electron chi connectivity index (χ4n) is 2.52. The average Bonchev–Trinajstić information content (AvgIpc) is 3.12. The van der Waals surface area contributed by atoms with E-state index in [2.05, 4.69) is 21.2 Å². The number of carbonyl (C=O) groups is 1. The molecule has 122 valence electrons. The van der Waals surface area contributed by atoms with Crippen LogP contribution in [0.4, 0.5) is 5.69 Å². The highest BCUT2D eigenvalue weighted by atomic mass is 79.9. The van der Waals surface area contributed by atoms with Gasteiger partial charge in [0.1, 0.15) is 0 Å². The van der Waals surface area contributed by atoms with E-state index in [4.69, 9.17) is 4.42 Å². The van der Waals surface area contributed by atoms with Gasteiger partial charge in [-0.15, -0.1) is 0 Å². The summed E-state index contributed by atoms with van der Waals surface area (Å²) in [5.41, 5.74) is 1.88. The number of hydrogen-bond donors (Lipinski definition) is 2. The van der Waals surface area contributed by atoms with Crippen LogP contribution < -0.4 is 10.6 Å². The number of amides is 1. The summed E-state index contributed by atoms with van der Waals surface area (Å²) < 4.78 is 6.53. The monoisotopic (exact) mass is 385 g/mol. The molecule has 24 heavy (non-hydrogen) atoms. The minimum Gasteiger partial charge on any atom is -0.463 e. The van der Waals surface area contributed by atoms with E-state index in [9.17, 15) is 4.79 Å². The summed E-state index contributed by atoms with van der Waals surface area (Å²) in [5, 5.41) is 4.87. The summed E-state index contributed by atoms with van der Waals surface area (Å²) in [7, 11) is 0. The van der Waals surface area contributed by atoms with E-state index in [0.717, 1.165) is 21.5 Å². The van der Waals surface area contributed by atoms with E-state index in [1.165, 1.54) is 0 Å². The van der Waals surface area contributed by atoms with Gasteiger partial charge >= 0.3 is 0 Å². The molecule has 0 radical (unpaired) electrons. The second-order valence-electron chi connectivity index (χ2n) is 5.40. The van der Waals surface area contributed by atoms with Crippen molar-refractivity contribution in [3.63, 3.8) is 0 Å². The average molecular weight is 386 g/mol. The summed E-state index contributed by atoms with van der Waals surface area (Å²) in [6.07, 6.45) is 1.65. The number of halogens is 1. The van der Waals surface area contributed by atoms with Gasteiger partial charge in [0.05, 0.1) is 6.26 Å². The lowest BCUT2D eigenvalue weighted by atomic mass is 10.0. The Morgan fingerprint density at radius 1 is 1.04 bits per heavy atom. The van der Waals surface area contributed by atoms with Crippen LogP contribution in [-0.2, 0) is 4.79 Å². The molecule has 1 aromatic heterocycles. The Hall–Kier alpha value is -2.37. The number of hydrogen-bond acceptors (Lipinski definition) is 2. The molecule has 0 saturated carbocycles. The molecule has 3 N–H and O–H groups in total. The molecule has 0 unspecified atom stereocenters. The van der Waals surface area contributed by atoms with Crippen molar-refractivity contribution >= 4 is 27.5 Å². The van der Waals surface area contributed by atoms with E-state index in [0.29, 0.717) is 6.54 Å². The molecule has 5 heteroatoms. The lowest BCUT2D eigenvalue weighted by molar-refractivity contribution is -0.678. The maximum atomic E-state index is 12.2. The van der Waals surface area contributed by atoms with Crippen molar-refractivity contribution < 1.29 is 14.5 Å². The smallest absolute Gasteiger partial charge is 0.279 e. The van der Waals surface area contributed by atoms with Gasteiger partial charge in [0.2, 0.25) is 0 Å². The summed E-state index contributed by atoms with van der Waals surface area (Å²) in [6, 6.07) is 21.3. The lowest BCUT2D eigenvalue weighted by Gasteiger charge is -2.14. The zero-order chi connectivity index (χ0) is 16.8. The molecule has 0 fully saturated rings. The van der Waals surface area contributed by atoms with Gasteiger partial charge in [-0.05, 0) is 36.4 Å². The molecule has 1 heterocycles. The van der Waals surface area contributed by atoms with E-state index in [1.54, 1.807) is 6.26 Å². The van der Waals surface area contributed by atoms with Gasteiger partial charge in [-0.1, -0.05) is 46.3 Å². The minimum absolute atomic E-state index is 0.0446. The number of anilines is 1. The molecular weight excluding hydrogens is 368 g/mol. The van der Waals surface area contributed by atoms with Gasteiger partial charge in [0.25, 0.3) is 5.91 Å². The maximum absolute atomic E-state index is 12.2.